The van der Waals surface area contributed by atoms with Crippen molar-refractivity contribution in [3.05, 3.63) is 59.5 Å². The van der Waals surface area contributed by atoms with Gasteiger partial charge in [0.25, 0.3) is 5.91 Å². The van der Waals surface area contributed by atoms with Crippen LogP contribution in [-0.4, -0.2) is 21.5 Å². The maximum Gasteiger partial charge on any atom is 0.265 e. The summed E-state index contributed by atoms with van der Waals surface area (Å²) in [7, 11) is 0. The quantitative estimate of drug-likeness (QED) is 0.825. The highest BCUT2D eigenvalue weighted by molar-refractivity contribution is 5.95. The van der Waals surface area contributed by atoms with Crippen LogP contribution in [0.4, 0.5) is 0 Å². The Balaban J connectivity index is 2.48. The van der Waals surface area contributed by atoms with E-state index < -0.39 is 0 Å². The first-order valence-electron chi connectivity index (χ1n) is 6.27. The molecule has 0 bridgehead atoms. The van der Waals surface area contributed by atoms with Gasteiger partial charge in [-0.1, -0.05) is 6.07 Å². The summed E-state index contributed by atoms with van der Waals surface area (Å²) < 4.78 is 1.55. The smallest absolute Gasteiger partial charge is 0.265 e. The third kappa shape index (κ3) is 3.16. The fourth-order valence-electron chi connectivity index (χ4n) is 1.71. The van der Waals surface area contributed by atoms with Gasteiger partial charge in [0, 0.05) is 24.1 Å². The Bertz CT molecular complexity index is 639. The number of carbonyl (C=O) groups excluding carboxylic acids is 1. The number of nitrogens with zero attached hydrogens (tertiary/aromatic N) is 3. The summed E-state index contributed by atoms with van der Waals surface area (Å²) in [6.45, 7) is 5.86. The zero-order valence-corrected chi connectivity index (χ0v) is 11.4. The van der Waals surface area contributed by atoms with Gasteiger partial charge in [0.2, 0.25) is 0 Å². The van der Waals surface area contributed by atoms with Gasteiger partial charge < -0.3 is 0 Å². The van der Waals surface area contributed by atoms with E-state index in [4.69, 9.17) is 0 Å². The van der Waals surface area contributed by atoms with Gasteiger partial charge in [-0.05, 0) is 45.0 Å². The van der Waals surface area contributed by atoms with Crippen molar-refractivity contribution in [2.75, 3.05) is 0 Å². The normalized spacial score (nSPS) is 11.9. The molecule has 2 aromatic rings. The van der Waals surface area contributed by atoms with Gasteiger partial charge in [-0.2, -0.15) is 0 Å². The lowest BCUT2D eigenvalue weighted by Crippen LogP contribution is -2.28. The van der Waals surface area contributed by atoms with Gasteiger partial charge >= 0.3 is 0 Å². The predicted molar refractivity (Wildman–Crippen MR) is 73.8 cm³/mol. The van der Waals surface area contributed by atoms with Gasteiger partial charge in [0.1, 0.15) is 5.49 Å². The summed E-state index contributed by atoms with van der Waals surface area (Å²) in [5, 5.41) is 0. The van der Waals surface area contributed by atoms with Crippen LogP contribution in [-0.2, 0) is 0 Å². The number of hydrogen-bond acceptors (Lipinski definition) is 3. The second kappa shape index (κ2) is 5.61. The lowest BCUT2D eigenvalue weighted by molar-refractivity contribution is 0.0954. The predicted octanol–water partition coefficient (Wildman–Crippen LogP) is 2.19. The lowest BCUT2D eigenvalue weighted by atomic mass is 10.2. The Kier molecular flexibility index (Phi) is 3.90. The first-order chi connectivity index (χ1) is 9.08. The summed E-state index contributed by atoms with van der Waals surface area (Å²) in [6, 6.07) is 9.27. The van der Waals surface area contributed by atoms with Crippen molar-refractivity contribution < 1.29 is 4.79 Å². The van der Waals surface area contributed by atoms with Crippen molar-refractivity contribution >= 4 is 5.91 Å². The first kappa shape index (κ1) is 13.2. The molecule has 0 radical (unpaired) electrons. The molecule has 0 unspecified atom stereocenters. The Morgan fingerprint density at radius 3 is 2.68 bits per heavy atom. The molecule has 98 valence electrons. The number of rotatable bonds is 2. The minimum atomic E-state index is -0.118. The van der Waals surface area contributed by atoms with E-state index in [0.29, 0.717) is 11.1 Å². The van der Waals surface area contributed by atoms with E-state index >= 15 is 0 Å². The Labute approximate surface area is 112 Å². The van der Waals surface area contributed by atoms with Crippen molar-refractivity contribution in [2.45, 2.75) is 26.8 Å². The number of pyridine rings is 2. The Morgan fingerprint density at radius 2 is 2.05 bits per heavy atom. The standard InChI is InChI=1S/C15H17N3O/c1-11(2)17-14-6-4-5-9-18(14)15(19)13-8-7-12(3)16-10-13/h4-11H,1-3H3. The van der Waals surface area contributed by atoms with Crippen LogP contribution in [0.15, 0.2) is 47.7 Å². The molecule has 0 aliphatic carbocycles. The molecule has 2 heterocycles. The van der Waals surface area contributed by atoms with Gasteiger partial charge in [-0.15, -0.1) is 0 Å². The largest absolute Gasteiger partial charge is 0.268 e. The second-order valence-corrected chi connectivity index (χ2v) is 4.65. The molecular weight excluding hydrogens is 238 g/mol. The van der Waals surface area contributed by atoms with E-state index in [9.17, 15) is 4.79 Å². The zero-order valence-electron chi connectivity index (χ0n) is 11.4. The molecule has 0 saturated carbocycles. The van der Waals surface area contributed by atoms with Crippen molar-refractivity contribution in [1.82, 2.24) is 9.55 Å². The van der Waals surface area contributed by atoms with E-state index in [1.807, 2.05) is 45.0 Å². The SMILES string of the molecule is Cc1ccc(C(=O)n2ccccc2=NC(C)C)cn1. The van der Waals surface area contributed by atoms with Crippen molar-refractivity contribution in [3.8, 4) is 0 Å². The molecule has 0 N–H and O–H groups in total. The molecule has 4 heteroatoms. The lowest BCUT2D eigenvalue weighted by Gasteiger charge is -2.07. The molecule has 0 spiro atoms. The number of hydrogen-bond donors (Lipinski definition) is 0. The monoisotopic (exact) mass is 255 g/mol. The summed E-state index contributed by atoms with van der Waals surface area (Å²) in [5.41, 5.74) is 2.10. The molecule has 0 fully saturated rings. The molecule has 0 amide bonds. The molecule has 19 heavy (non-hydrogen) atoms. The van der Waals surface area contributed by atoms with Crippen molar-refractivity contribution in [3.63, 3.8) is 0 Å². The Hall–Kier alpha value is -2.23. The molecule has 2 aromatic heterocycles. The second-order valence-electron chi connectivity index (χ2n) is 4.65. The Morgan fingerprint density at radius 1 is 1.26 bits per heavy atom. The van der Waals surface area contributed by atoms with E-state index in [2.05, 4.69) is 9.98 Å². The third-order valence-corrected chi connectivity index (χ3v) is 2.61. The molecule has 0 aliphatic heterocycles. The van der Waals surface area contributed by atoms with Crippen LogP contribution < -0.4 is 5.49 Å². The van der Waals surface area contributed by atoms with E-state index in [-0.39, 0.29) is 11.9 Å². The van der Waals surface area contributed by atoms with E-state index in [1.54, 1.807) is 23.0 Å². The number of carbonyl (C=O) groups is 1. The van der Waals surface area contributed by atoms with Crippen LogP contribution >= 0.6 is 0 Å². The molecule has 0 atom stereocenters. The fourth-order valence-corrected chi connectivity index (χ4v) is 1.71. The highest BCUT2D eigenvalue weighted by Crippen LogP contribution is 2.01. The maximum absolute atomic E-state index is 12.4. The summed E-state index contributed by atoms with van der Waals surface area (Å²) in [5.74, 6) is -0.118. The summed E-state index contributed by atoms with van der Waals surface area (Å²) >= 11 is 0. The van der Waals surface area contributed by atoms with Gasteiger partial charge in [-0.25, -0.2) is 0 Å². The minimum Gasteiger partial charge on any atom is -0.268 e. The molecule has 0 aromatic carbocycles. The zero-order chi connectivity index (χ0) is 13.8. The first-order valence-corrected chi connectivity index (χ1v) is 6.27. The average molecular weight is 255 g/mol. The summed E-state index contributed by atoms with van der Waals surface area (Å²) in [6.07, 6.45) is 3.32. The van der Waals surface area contributed by atoms with Gasteiger partial charge in [-0.3, -0.25) is 19.3 Å². The van der Waals surface area contributed by atoms with Crippen molar-refractivity contribution in [1.29, 1.82) is 0 Å². The minimum absolute atomic E-state index is 0.118. The molecule has 2 rings (SSSR count). The van der Waals surface area contributed by atoms with E-state index in [1.165, 1.54) is 0 Å². The topological polar surface area (TPSA) is 47.2 Å². The van der Waals surface area contributed by atoms with Crippen LogP contribution in [0.25, 0.3) is 0 Å². The molecule has 4 nitrogen and oxygen atoms in total. The van der Waals surface area contributed by atoms with Crippen LogP contribution in [0.5, 0.6) is 0 Å². The van der Waals surface area contributed by atoms with Gasteiger partial charge in [0.15, 0.2) is 0 Å². The number of aryl methyl sites for hydroxylation is 1. The van der Waals surface area contributed by atoms with Crippen LogP contribution in [0.2, 0.25) is 0 Å². The number of aromatic nitrogens is 2. The highest BCUT2D eigenvalue weighted by Gasteiger charge is 2.08. The highest BCUT2D eigenvalue weighted by atomic mass is 16.2. The fraction of sp³-hybridized carbons (Fsp3) is 0.267. The van der Waals surface area contributed by atoms with Crippen LogP contribution in [0, 0.1) is 6.92 Å². The third-order valence-electron chi connectivity index (χ3n) is 2.61. The molecule has 0 aliphatic rings. The van der Waals surface area contributed by atoms with Crippen LogP contribution in [0.3, 0.4) is 0 Å². The van der Waals surface area contributed by atoms with Crippen LogP contribution in [0.1, 0.15) is 29.9 Å². The van der Waals surface area contributed by atoms with Crippen molar-refractivity contribution in [2.24, 2.45) is 4.99 Å². The van der Waals surface area contributed by atoms with Gasteiger partial charge in [0.05, 0.1) is 5.56 Å². The molecule has 0 saturated heterocycles. The average Bonchev–Trinajstić information content (AvgIpc) is 2.39. The van der Waals surface area contributed by atoms with E-state index in [0.717, 1.165) is 5.69 Å². The maximum atomic E-state index is 12.4. The summed E-state index contributed by atoms with van der Waals surface area (Å²) in [4.78, 5) is 21.0. The molecular formula is C15H17N3O.